The van der Waals surface area contributed by atoms with Crippen LogP contribution in [0.1, 0.15) is 38.8 Å². The zero-order valence-corrected chi connectivity index (χ0v) is 13.9. The predicted octanol–water partition coefficient (Wildman–Crippen LogP) is 2.86. The van der Waals surface area contributed by atoms with Crippen LogP contribution in [0.25, 0.3) is 0 Å². The highest BCUT2D eigenvalue weighted by molar-refractivity contribution is 7.89. The quantitative estimate of drug-likeness (QED) is 0.764. The third kappa shape index (κ3) is 4.86. The molecule has 23 heavy (non-hydrogen) atoms. The van der Waals surface area contributed by atoms with E-state index in [1.807, 2.05) is 0 Å². The molecule has 0 heterocycles. The minimum absolute atomic E-state index is 0.0585. The molecule has 0 bridgehead atoms. The van der Waals surface area contributed by atoms with Gasteiger partial charge in [-0.05, 0) is 24.1 Å². The second-order valence-electron chi connectivity index (χ2n) is 5.58. The molecule has 0 radical (unpaired) electrons. The summed E-state index contributed by atoms with van der Waals surface area (Å²) in [5, 5.41) is 0. The summed E-state index contributed by atoms with van der Waals surface area (Å²) in [7, 11) is -3.22. The lowest BCUT2D eigenvalue weighted by molar-refractivity contribution is 0.0987. The Morgan fingerprint density at radius 1 is 1.00 bits per heavy atom. The lowest BCUT2D eigenvalue weighted by Gasteiger charge is -2.08. The predicted molar refractivity (Wildman–Crippen MR) is 89.5 cm³/mol. The van der Waals surface area contributed by atoms with Crippen LogP contribution in [0.4, 0.5) is 0 Å². The third-order valence-corrected chi connectivity index (χ3v) is 4.27. The fourth-order valence-electron chi connectivity index (χ4n) is 2.38. The van der Waals surface area contributed by atoms with Gasteiger partial charge in [-0.1, -0.05) is 42.5 Å². The number of hydrogen-bond donors (Lipinski definition) is 0. The highest BCUT2D eigenvalue weighted by Gasteiger charge is 2.15. The van der Waals surface area contributed by atoms with Crippen molar-refractivity contribution in [2.24, 2.45) is 0 Å². The molecular weight excluding hydrogens is 312 g/mol. The van der Waals surface area contributed by atoms with Crippen LogP contribution >= 0.6 is 0 Å². The highest BCUT2D eigenvalue weighted by Crippen LogP contribution is 2.16. The Labute approximate surface area is 136 Å². The molecule has 0 fully saturated rings. The van der Waals surface area contributed by atoms with Gasteiger partial charge in [0.2, 0.25) is 0 Å². The zero-order valence-electron chi connectivity index (χ0n) is 13.1. The molecular formula is C18H18O4S. The lowest BCUT2D eigenvalue weighted by Crippen LogP contribution is -2.10. The van der Waals surface area contributed by atoms with Gasteiger partial charge in [0, 0.05) is 23.8 Å². The van der Waals surface area contributed by atoms with E-state index in [1.54, 1.807) is 48.5 Å². The lowest BCUT2D eigenvalue weighted by atomic mass is 9.98. The maximum atomic E-state index is 12.5. The summed E-state index contributed by atoms with van der Waals surface area (Å²) in [6.45, 7) is 1.47. The molecule has 2 rings (SSSR count). The normalized spacial score (nSPS) is 11.2. The Morgan fingerprint density at radius 2 is 1.70 bits per heavy atom. The van der Waals surface area contributed by atoms with Crippen LogP contribution in [-0.2, 0) is 22.0 Å². The molecule has 0 amide bonds. The number of Topliss-reactive ketones (excluding diaryl/α,β-unsaturated/α-hetero) is 2. The Bertz CT molecular complexity index is 851. The van der Waals surface area contributed by atoms with Crippen LogP contribution < -0.4 is 0 Å². The molecule has 120 valence electrons. The van der Waals surface area contributed by atoms with Gasteiger partial charge >= 0.3 is 0 Å². The average molecular weight is 330 g/mol. The summed E-state index contributed by atoms with van der Waals surface area (Å²) in [6.07, 6.45) is 1.27. The second kappa shape index (κ2) is 6.87. The van der Waals surface area contributed by atoms with E-state index in [-0.39, 0.29) is 23.7 Å². The highest BCUT2D eigenvalue weighted by atomic mass is 32.2. The van der Waals surface area contributed by atoms with Gasteiger partial charge in [0.1, 0.15) is 0 Å². The Morgan fingerprint density at radius 3 is 2.35 bits per heavy atom. The molecule has 4 nitrogen and oxygen atoms in total. The molecule has 0 saturated heterocycles. The summed E-state index contributed by atoms with van der Waals surface area (Å²) in [4.78, 5) is 23.9. The molecule has 5 heteroatoms. The smallest absolute Gasteiger partial charge is 0.167 e. The number of hydrogen-bond acceptors (Lipinski definition) is 4. The average Bonchev–Trinajstić information content (AvgIpc) is 2.46. The van der Waals surface area contributed by atoms with Gasteiger partial charge in [0.25, 0.3) is 0 Å². The minimum atomic E-state index is -3.22. The van der Waals surface area contributed by atoms with Crippen molar-refractivity contribution in [2.75, 3.05) is 6.26 Å². The molecule has 2 aromatic carbocycles. The number of sulfone groups is 1. The van der Waals surface area contributed by atoms with Gasteiger partial charge in [0.15, 0.2) is 21.4 Å². The fraction of sp³-hybridized carbons (Fsp3) is 0.222. The van der Waals surface area contributed by atoms with Gasteiger partial charge in [-0.25, -0.2) is 8.42 Å². The van der Waals surface area contributed by atoms with Crippen LogP contribution in [0, 0.1) is 0 Å². The van der Waals surface area contributed by atoms with Crippen molar-refractivity contribution in [2.45, 2.75) is 19.1 Å². The summed E-state index contributed by atoms with van der Waals surface area (Å²) < 4.78 is 23.0. The molecule has 0 aliphatic heterocycles. The Balaban J connectivity index is 2.28. The van der Waals surface area contributed by atoms with Crippen LogP contribution in [0.2, 0.25) is 0 Å². The van der Waals surface area contributed by atoms with E-state index in [4.69, 9.17) is 0 Å². The van der Waals surface area contributed by atoms with Crippen LogP contribution in [-0.4, -0.2) is 26.2 Å². The monoisotopic (exact) mass is 330 g/mol. The Kier molecular flexibility index (Phi) is 5.11. The van der Waals surface area contributed by atoms with Crippen LogP contribution in [0.3, 0.4) is 0 Å². The molecule has 0 aliphatic rings. The van der Waals surface area contributed by atoms with Gasteiger partial charge in [0.05, 0.1) is 5.75 Å². The van der Waals surface area contributed by atoms with Gasteiger partial charge in [-0.15, -0.1) is 0 Å². The van der Waals surface area contributed by atoms with Crippen molar-refractivity contribution in [3.8, 4) is 0 Å². The van der Waals surface area contributed by atoms with E-state index in [0.717, 1.165) is 11.8 Å². The van der Waals surface area contributed by atoms with E-state index in [2.05, 4.69) is 0 Å². The van der Waals surface area contributed by atoms with E-state index >= 15 is 0 Å². The standard InChI is InChI=1S/C18H18O4S/c1-13(19)15-8-5-6-14(10-15)11-18(20)17-9-4-3-7-16(17)12-23(2,21)22/h3-10H,11-12H2,1-2H3. The van der Waals surface area contributed by atoms with E-state index in [1.165, 1.54) is 6.92 Å². The van der Waals surface area contributed by atoms with Crippen molar-refractivity contribution in [3.05, 3.63) is 70.8 Å². The number of carbonyl (C=O) groups is 2. The molecule has 0 N–H and O–H groups in total. The molecule has 2 aromatic rings. The third-order valence-electron chi connectivity index (χ3n) is 3.43. The molecule has 0 aliphatic carbocycles. The minimum Gasteiger partial charge on any atom is -0.295 e. The summed E-state index contributed by atoms with van der Waals surface area (Å²) in [6, 6.07) is 13.6. The SMILES string of the molecule is CC(=O)c1cccc(CC(=O)c2ccccc2CS(C)(=O)=O)c1. The van der Waals surface area contributed by atoms with Crippen molar-refractivity contribution in [1.29, 1.82) is 0 Å². The number of rotatable bonds is 6. The van der Waals surface area contributed by atoms with Crippen molar-refractivity contribution in [1.82, 2.24) is 0 Å². The molecule has 0 spiro atoms. The van der Waals surface area contributed by atoms with Crippen molar-refractivity contribution < 1.29 is 18.0 Å². The summed E-state index contributed by atoms with van der Waals surface area (Å²) in [5.41, 5.74) is 2.20. The van der Waals surface area contributed by atoms with Gasteiger partial charge < -0.3 is 0 Å². The van der Waals surface area contributed by atoms with E-state index in [0.29, 0.717) is 16.7 Å². The number of ketones is 2. The molecule has 0 aromatic heterocycles. The Hall–Kier alpha value is -2.27. The van der Waals surface area contributed by atoms with E-state index in [9.17, 15) is 18.0 Å². The maximum Gasteiger partial charge on any atom is 0.167 e. The largest absolute Gasteiger partial charge is 0.295 e. The molecule has 0 atom stereocenters. The van der Waals surface area contributed by atoms with Gasteiger partial charge in [-0.3, -0.25) is 9.59 Å². The zero-order chi connectivity index (χ0) is 17.0. The molecule has 0 unspecified atom stereocenters. The van der Waals surface area contributed by atoms with Crippen molar-refractivity contribution in [3.63, 3.8) is 0 Å². The second-order valence-corrected chi connectivity index (χ2v) is 7.72. The first-order valence-electron chi connectivity index (χ1n) is 7.15. The summed E-state index contributed by atoms with van der Waals surface area (Å²) >= 11 is 0. The first-order valence-corrected chi connectivity index (χ1v) is 9.21. The topological polar surface area (TPSA) is 68.3 Å². The van der Waals surface area contributed by atoms with E-state index < -0.39 is 9.84 Å². The fourth-order valence-corrected chi connectivity index (χ4v) is 3.20. The number of carbonyl (C=O) groups excluding carboxylic acids is 2. The first kappa shape index (κ1) is 17.1. The number of benzene rings is 2. The maximum absolute atomic E-state index is 12.5. The van der Waals surface area contributed by atoms with Gasteiger partial charge in [-0.2, -0.15) is 0 Å². The molecule has 0 saturated carbocycles. The summed E-state index contributed by atoms with van der Waals surface area (Å²) in [5.74, 6) is -0.385. The van der Waals surface area contributed by atoms with Crippen molar-refractivity contribution >= 4 is 21.4 Å². The van der Waals surface area contributed by atoms with Crippen LogP contribution in [0.5, 0.6) is 0 Å². The van der Waals surface area contributed by atoms with Crippen LogP contribution in [0.15, 0.2) is 48.5 Å². The first-order chi connectivity index (χ1) is 10.8.